The van der Waals surface area contributed by atoms with E-state index in [1.807, 2.05) is 0 Å². The number of amides is 1. The molecule has 2 N–H and O–H groups in total. The Kier molecular flexibility index (Phi) is 5.48. The van der Waals surface area contributed by atoms with Crippen molar-refractivity contribution >= 4 is 18.3 Å². The predicted octanol–water partition coefficient (Wildman–Crippen LogP) is 1.62. The fourth-order valence-electron chi connectivity index (χ4n) is 3.68. The molecule has 4 atom stereocenters. The summed E-state index contributed by atoms with van der Waals surface area (Å²) in [6.07, 6.45) is 8.37. The molecule has 0 spiro atoms. The van der Waals surface area contributed by atoms with Crippen LogP contribution in [0, 0.1) is 5.92 Å². The van der Waals surface area contributed by atoms with Crippen LogP contribution in [0.4, 0.5) is 0 Å². The van der Waals surface area contributed by atoms with Gasteiger partial charge in [0.25, 0.3) is 0 Å². The molecular formula is C14H25ClN2O2. The third kappa shape index (κ3) is 3.61. The quantitative estimate of drug-likeness (QED) is 0.812. The van der Waals surface area contributed by atoms with Crippen molar-refractivity contribution < 1.29 is 9.53 Å². The number of rotatable bonds is 2. The second-order valence-electron chi connectivity index (χ2n) is 6.03. The second-order valence-corrected chi connectivity index (χ2v) is 6.03. The molecule has 2 aliphatic heterocycles. The molecule has 2 heterocycles. The smallest absolute Gasteiger partial charge is 0.237 e. The third-order valence-corrected chi connectivity index (χ3v) is 4.69. The van der Waals surface area contributed by atoms with Crippen LogP contribution < -0.4 is 10.6 Å². The Bertz CT molecular complexity index is 294. The summed E-state index contributed by atoms with van der Waals surface area (Å²) in [4.78, 5) is 12.2. The molecule has 3 aliphatic rings. The van der Waals surface area contributed by atoms with Gasteiger partial charge in [0.2, 0.25) is 5.91 Å². The van der Waals surface area contributed by atoms with Gasteiger partial charge in [-0.3, -0.25) is 4.79 Å². The van der Waals surface area contributed by atoms with E-state index >= 15 is 0 Å². The molecule has 19 heavy (non-hydrogen) atoms. The van der Waals surface area contributed by atoms with Crippen LogP contribution in [-0.2, 0) is 9.53 Å². The van der Waals surface area contributed by atoms with Gasteiger partial charge in [0.15, 0.2) is 0 Å². The van der Waals surface area contributed by atoms with Gasteiger partial charge < -0.3 is 15.4 Å². The number of ether oxygens (including phenoxy) is 1. The summed E-state index contributed by atoms with van der Waals surface area (Å²) in [5, 5.41) is 6.67. The SMILES string of the molecule is Cl.O=C(NC1CCCOC1)C1CC2CCCCC2N1. The molecule has 1 amide bonds. The minimum absolute atomic E-state index is 0. The first-order valence-electron chi connectivity index (χ1n) is 7.47. The third-order valence-electron chi connectivity index (χ3n) is 4.69. The molecule has 0 bridgehead atoms. The zero-order valence-electron chi connectivity index (χ0n) is 11.4. The summed E-state index contributed by atoms with van der Waals surface area (Å²) in [7, 11) is 0. The van der Waals surface area contributed by atoms with Crippen LogP contribution in [0.25, 0.3) is 0 Å². The van der Waals surface area contributed by atoms with Crippen molar-refractivity contribution in [3.8, 4) is 0 Å². The average Bonchev–Trinajstić information content (AvgIpc) is 2.84. The van der Waals surface area contributed by atoms with E-state index in [0.717, 1.165) is 31.8 Å². The molecule has 3 fully saturated rings. The highest BCUT2D eigenvalue weighted by atomic mass is 35.5. The maximum atomic E-state index is 12.2. The molecule has 0 aromatic carbocycles. The zero-order chi connectivity index (χ0) is 12.4. The van der Waals surface area contributed by atoms with E-state index in [1.165, 1.54) is 25.7 Å². The van der Waals surface area contributed by atoms with Gasteiger partial charge in [-0.05, 0) is 38.0 Å². The highest BCUT2D eigenvalue weighted by molar-refractivity contribution is 5.85. The summed E-state index contributed by atoms with van der Waals surface area (Å²) in [5.74, 6) is 0.928. The van der Waals surface area contributed by atoms with Gasteiger partial charge in [0, 0.05) is 12.6 Å². The number of carbonyl (C=O) groups is 1. The van der Waals surface area contributed by atoms with Crippen LogP contribution in [0.1, 0.15) is 44.9 Å². The van der Waals surface area contributed by atoms with Gasteiger partial charge in [0.05, 0.1) is 18.7 Å². The number of carbonyl (C=O) groups excluding carboxylic acids is 1. The summed E-state index contributed by atoms with van der Waals surface area (Å²) >= 11 is 0. The summed E-state index contributed by atoms with van der Waals surface area (Å²) in [6.45, 7) is 1.53. The van der Waals surface area contributed by atoms with E-state index < -0.39 is 0 Å². The normalized spacial score (nSPS) is 38.1. The van der Waals surface area contributed by atoms with Crippen molar-refractivity contribution in [3.05, 3.63) is 0 Å². The van der Waals surface area contributed by atoms with E-state index in [1.54, 1.807) is 0 Å². The molecule has 4 nitrogen and oxygen atoms in total. The summed E-state index contributed by atoms with van der Waals surface area (Å²) in [6, 6.07) is 0.868. The van der Waals surface area contributed by atoms with Crippen molar-refractivity contribution in [3.63, 3.8) is 0 Å². The first-order chi connectivity index (χ1) is 8.83. The Hall–Kier alpha value is -0.320. The van der Waals surface area contributed by atoms with Crippen molar-refractivity contribution in [2.45, 2.75) is 63.1 Å². The number of nitrogens with one attached hydrogen (secondary N) is 2. The van der Waals surface area contributed by atoms with Crippen molar-refractivity contribution in [1.29, 1.82) is 0 Å². The lowest BCUT2D eigenvalue weighted by atomic mass is 9.85. The number of hydrogen-bond donors (Lipinski definition) is 2. The standard InChI is InChI=1S/C14H24N2O2.ClH/c17-14(15-11-5-3-7-18-9-11)13-8-10-4-1-2-6-12(10)16-13;/h10-13,16H,1-9H2,(H,15,17);1H. The predicted molar refractivity (Wildman–Crippen MR) is 76.5 cm³/mol. The fraction of sp³-hybridized carbons (Fsp3) is 0.929. The first kappa shape index (κ1) is 15.1. The highest BCUT2D eigenvalue weighted by Gasteiger charge is 2.38. The molecular weight excluding hydrogens is 264 g/mol. The van der Waals surface area contributed by atoms with E-state index in [9.17, 15) is 4.79 Å². The number of hydrogen-bond acceptors (Lipinski definition) is 3. The summed E-state index contributed by atoms with van der Waals surface area (Å²) in [5.41, 5.74) is 0. The molecule has 1 saturated carbocycles. The Morgan fingerprint density at radius 1 is 1.16 bits per heavy atom. The fourth-order valence-corrected chi connectivity index (χ4v) is 3.68. The number of fused-ring (bicyclic) bond motifs is 1. The minimum Gasteiger partial charge on any atom is -0.379 e. The molecule has 0 aromatic heterocycles. The van der Waals surface area contributed by atoms with Crippen LogP contribution >= 0.6 is 12.4 Å². The van der Waals surface area contributed by atoms with Crippen molar-refractivity contribution in [1.82, 2.24) is 10.6 Å². The Labute approximate surface area is 121 Å². The van der Waals surface area contributed by atoms with Gasteiger partial charge in [0.1, 0.15) is 0 Å². The van der Waals surface area contributed by atoms with E-state index in [2.05, 4.69) is 10.6 Å². The van der Waals surface area contributed by atoms with Crippen molar-refractivity contribution in [2.75, 3.05) is 13.2 Å². The molecule has 3 rings (SSSR count). The average molecular weight is 289 g/mol. The largest absolute Gasteiger partial charge is 0.379 e. The van der Waals surface area contributed by atoms with E-state index in [-0.39, 0.29) is 30.4 Å². The molecule has 110 valence electrons. The maximum absolute atomic E-state index is 12.2. The zero-order valence-corrected chi connectivity index (χ0v) is 12.2. The van der Waals surface area contributed by atoms with Crippen LogP contribution in [-0.4, -0.2) is 37.2 Å². The van der Waals surface area contributed by atoms with Crippen LogP contribution in [0.3, 0.4) is 0 Å². The Balaban J connectivity index is 0.00000133. The first-order valence-corrected chi connectivity index (χ1v) is 7.47. The van der Waals surface area contributed by atoms with Gasteiger partial charge in [-0.1, -0.05) is 12.8 Å². The molecule has 2 saturated heterocycles. The topological polar surface area (TPSA) is 50.4 Å². The molecule has 0 aromatic rings. The Morgan fingerprint density at radius 2 is 2.00 bits per heavy atom. The van der Waals surface area contributed by atoms with Gasteiger partial charge in [-0.15, -0.1) is 12.4 Å². The molecule has 0 radical (unpaired) electrons. The highest BCUT2D eigenvalue weighted by Crippen LogP contribution is 2.33. The lowest BCUT2D eigenvalue weighted by molar-refractivity contribution is -0.124. The lowest BCUT2D eigenvalue weighted by Crippen LogP contribution is -2.49. The number of halogens is 1. The van der Waals surface area contributed by atoms with Crippen LogP contribution in [0.2, 0.25) is 0 Å². The lowest BCUT2D eigenvalue weighted by Gasteiger charge is -2.25. The maximum Gasteiger partial charge on any atom is 0.237 e. The van der Waals surface area contributed by atoms with Crippen molar-refractivity contribution in [2.24, 2.45) is 5.92 Å². The van der Waals surface area contributed by atoms with E-state index in [4.69, 9.17) is 4.74 Å². The van der Waals surface area contributed by atoms with Crippen LogP contribution in [0.5, 0.6) is 0 Å². The minimum atomic E-state index is 0. The summed E-state index contributed by atoms with van der Waals surface area (Å²) < 4.78 is 5.41. The molecule has 4 unspecified atom stereocenters. The second kappa shape index (κ2) is 6.91. The van der Waals surface area contributed by atoms with Gasteiger partial charge >= 0.3 is 0 Å². The molecule has 5 heteroatoms. The monoisotopic (exact) mass is 288 g/mol. The Morgan fingerprint density at radius 3 is 2.74 bits per heavy atom. The van der Waals surface area contributed by atoms with Gasteiger partial charge in [-0.25, -0.2) is 0 Å². The van der Waals surface area contributed by atoms with E-state index in [0.29, 0.717) is 12.6 Å². The van der Waals surface area contributed by atoms with Gasteiger partial charge in [-0.2, -0.15) is 0 Å². The molecule has 1 aliphatic carbocycles. The van der Waals surface area contributed by atoms with Crippen LogP contribution in [0.15, 0.2) is 0 Å².